The van der Waals surface area contributed by atoms with Crippen molar-refractivity contribution in [2.75, 3.05) is 4.90 Å². The lowest BCUT2D eigenvalue weighted by atomic mass is 9.97. The average molecular weight is 799 g/mol. The van der Waals surface area contributed by atoms with Crippen molar-refractivity contribution in [3.63, 3.8) is 0 Å². The number of anilines is 3. The molecule has 0 fully saturated rings. The highest BCUT2D eigenvalue weighted by atomic mass is 16.3. The van der Waals surface area contributed by atoms with E-state index in [9.17, 15) is 12.3 Å². The molecule has 0 saturated carbocycles. The molecule has 0 N–H and O–H groups in total. The SMILES string of the molecule is [2H]c1c([2H])c([2H])c(-c2c([2H])c([2H])c(N(c3c([2H])c([2H])c(-c4c([2H])c([2H])c5c([2H])c([2H])c([2H])c([2H])c5c4[2H])c([2H])c3[2H])c3ccc(-c4ccccc4-n4c5ccccc5c5ccccc54)c4oc5ccccc5c34)c([2H])c2[2H])c([2H])c1[2H]. The smallest absolute Gasteiger partial charge is 0.145 e. The van der Waals surface area contributed by atoms with E-state index in [1.54, 1.807) is 36.4 Å². The lowest BCUT2D eigenvalue weighted by Gasteiger charge is -2.27. The van der Waals surface area contributed by atoms with Crippen LogP contribution in [0.4, 0.5) is 17.1 Å². The second kappa shape index (κ2) is 14.3. The zero-order valence-corrected chi connectivity index (χ0v) is 31.7. The van der Waals surface area contributed by atoms with E-state index in [0.29, 0.717) is 22.1 Å². The number of para-hydroxylation sites is 4. The van der Waals surface area contributed by atoms with Gasteiger partial charge in [-0.1, -0.05) is 163 Å². The molecule has 2 heterocycles. The van der Waals surface area contributed by atoms with Gasteiger partial charge >= 0.3 is 0 Å². The molecule has 12 rings (SSSR count). The second-order valence-corrected chi connectivity index (χ2v) is 14.1. The molecule has 3 heteroatoms. The zero-order valence-electron chi connectivity index (χ0n) is 51.7. The van der Waals surface area contributed by atoms with Gasteiger partial charge in [-0.3, -0.25) is 0 Å². The van der Waals surface area contributed by atoms with Crippen molar-refractivity contribution in [1.29, 1.82) is 0 Å². The highest BCUT2D eigenvalue weighted by molar-refractivity contribution is 6.18. The molecule has 0 bridgehead atoms. The minimum absolute atomic E-state index is 0.0598. The summed E-state index contributed by atoms with van der Waals surface area (Å²) >= 11 is 0. The topological polar surface area (TPSA) is 21.3 Å². The molecular formula is C58H38N2O. The molecule has 286 valence electrons. The van der Waals surface area contributed by atoms with E-state index >= 15 is 0 Å². The number of hydrogen-bond donors (Lipinski definition) is 0. The predicted molar refractivity (Wildman–Crippen MR) is 257 cm³/mol. The largest absolute Gasteiger partial charge is 0.455 e. The van der Waals surface area contributed by atoms with E-state index in [1.165, 1.54) is 0 Å². The number of furan rings is 1. The molecule has 3 nitrogen and oxygen atoms in total. The summed E-state index contributed by atoms with van der Waals surface area (Å²) in [5.74, 6) is 0. The quantitative estimate of drug-likeness (QED) is 0.160. The maximum absolute atomic E-state index is 9.87. The van der Waals surface area contributed by atoms with Gasteiger partial charge in [-0.15, -0.1) is 0 Å². The van der Waals surface area contributed by atoms with Crippen LogP contribution in [-0.4, -0.2) is 4.57 Å². The van der Waals surface area contributed by atoms with Crippen molar-refractivity contribution < 1.29 is 31.8 Å². The summed E-state index contributed by atoms with van der Waals surface area (Å²) < 4.78 is 190. The van der Waals surface area contributed by atoms with Crippen molar-refractivity contribution in [2.24, 2.45) is 0 Å². The van der Waals surface area contributed by atoms with E-state index in [0.717, 1.165) is 32.4 Å². The third-order valence-electron chi connectivity index (χ3n) is 10.7. The first-order chi connectivity index (χ1) is 38.6. The fourth-order valence-electron chi connectivity index (χ4n) is 8.01. The van der Waals surface area contributed by atoms with Crippen LogP contribution in [-0.2, 0) is 0 Å². The molecule has 0 radical (unpaired) electrons. The highest BCUT2D eigenvalue weighted by Gasteiger charge is 2.24. The Bertz CT molecular complexity index is 4660. The minimum Gasteiger partial charge on any atom is -0.455 e. The summed E-state index contributed by atoms with van der Waals surface area (Å²) in [6.07, 6.45) is 0. The Morgan fingerprint density at radius 3 is 1.70 bits per heavy atom. The third kappa shape index (κ3) is 5.82. The Balaban J connectivity index is 1.20. The van der Waals surface area contributed by atoms with Gasteiger partial charge in [0.1, 0.15) is 11.2 Å². The van der Waals surface area contributed by atoms with Gasteiger partial charge in [0.25, 0.3) is 0 Å². The number of benzene rings is 10. The average Bonchev–Trinajstić information content (AvgIpc) is 3.00. The lowest BCUT2D eigenvalue weighted by Crippen LogP contribution is -2.10. The van der Waals surface area contributed by atoms with Crippen LogP contribution in [0.3, 0.4) is 0 Å². The van der Waals surface area contributed by atoms with Crippen molar-refractivity contribution in [3.8, 4) is 39.1 Å². The van der Waals surface area contributed by atoms with Crippen molar-refractivity contribution in [1.82, 2.24) is 4.57 Å². The first kappa shape index (κ1) is 20.2. The molecule has 61 heavy (non-hydrogen) atoms. The van der Waals surface area contributed by atoms with Crippen LogP contribution in [0.1, 0.15) is 27.4 Å². The Morgan fingerprint density at radius 1 is 0.426 bits per heavy atom. The Morgan fingerprint density at radius 2 is 0.984 bits per heavy atom. The van der Waals surface area contributed by atoms with Crippen molar-refractivity contribution in [3.05, 3.63) is 230 Å². The van der Waals surface area contributed by atoms with Gasteiger partial charge < -0.3 is 13.9 Å². The van der Waals surface area contributed by atoms with E-state index in [1.807, 2.05) is 72.8 Å². The van der Waals surface area contributed by atoms with Gasteiger partial charge in [-0.2, -0.15) is 0 Å². The maximum atomic E-state index is 9.87. The van der Waals surface area contributed by atoms with Gasteiger partial charge in [-0.05, 0) is 99.6 Å². The molecule has 0 amide bonds. The van der Waals surface area contributed by atoms with Gasteiger partial charge in [0.2, 0.25) is 0 Å². The molecule has 0 aliphatic rings. The summed E-state index contributed by atoms with van der Waals surface area (Å²) in [7, 11) is 0. The van der Waals surface area contributed by atoms with Gasteiger partial charge in [0, 0.05) is 38.7 Å². The van der Waals surface area contributed by atoms with Crippen molar-refractivity contribution >= 4 is 71.6 Å². The third-order valence-corrected chi connectivity index (χ3v) is 10.7. The second-order valence-electron chi connectivity index (χ2n) is 14.1. The van der Waals surface area contributed by atoms with E-state index in [2.05, 4.69) is 4.57 Å². The molecule has 12 aromatic rings. The normalized spacial score (nSPS) is 16.2. The number of fused-ring (bicyclic) bond motifs is 7. The minimum atomic E-state index is -0.923. The summed E-state index contributed by atoms with van der Waals surface area (Å²) in [6, 6.07) is 17.0. The Hall–Kier alpha value is -8.14. The number of rotatable bonds is 7. The summed E-state index contributed by atoms with van der Waals surface area (Å²) in [4.78, 5) is 1.01. The van der Waals surface area contributed by atoms with Crippen LogP contribution in [0, 0.1) is 0 Å². The maximum Gasteiger partial charge on any atom is 0.145 e. The fourth-order valence-corrected chi connectivity index (χ4v) is 8.01. The fraction of sp³-hybridized carbons (Fsp3) is 0. The molecule has 0 aliphatic heterocycles. The van der Waals surface area contributed by atoms with Gasteiger partial charge in [0.05, 0.1) is 55.2 Å². The summed E-state index contributed by atoms with van der Waals surface area (Å²) in [6.45, 7) is 0. The molecular weight excluding hydrogens is 741 g/mol. The highest BCUT2D eigenvalue weighted by Crippen LogP contribution is 2.48. The number of aromatic nitrogens is 1. The van der Waals surface area contributed by atoms with Crippen LogP contribution in [0.15, 0.2) is 234 Å². The zero-order chi connectivity index (χ0) is 57.7. The first-order valence-corrected chi connectivity index (χ1v) is 19.2. The van der Waals surface area contributed by atoms with Crippen LogP contribution >= 0.6 is 0 Å². The first-order valence-electron chi connectivity index (χ1n) is 29.2. The van der Waals surface area contributed by atoms with Crippen LogP contribution in [0.2, 0.25) is 0 Å². The Labute approximate surface area is 381 Å². The summed E-state index contributed by atoms with van der Waals surface area (Å²) in [5.41, 5.74) is 0.188. The van der Waals surface area contributed by atoms with Gasteiger partial charge in [0.15, 0.2) is 0 Å². The van der Waals surface area contributed by atoms with Gasteiger partial charge in [-0.25, -0.2) is 0 Å². The molecule has 0 aliphatic carbocycles. The van der Waals surface area contributed by atoms with E-state index < -0.39 is 165 Å². The molecule has 10 aromatic carbocycles. The lowest BCUT2D eigenvalue weighted by molar-refractivity contribution is 0.670. The number of nitrogens with zero attached hydrogens (tertiary/aromatic N) is 2. The molecule has 0 spiro atoms. The Kier molecular flexibility index (Phi) is 4.74. The monoisotopic (exact) mass is 798 g/mol. The van der Waals surface area contributed by atoms with Crippen LogP contribution < -0.4 is 4.90 Å². The van der Waals surface area contributed by atoms with E-state index in [-0.39, 0.29) is 16.7 Å². The van der Waals surface area contributed by atoms with Crippen molar-refractivity contribution in [2.45, 2.75) is 0 Å². The molecule has 2 aromatic heterocycles. The van der Waals surface area contributed by atoms with E-state index in [4.69, 9.17) is 19.5 Å². The molecule has 0 unspecified atom stereocenters. The molecule has 0 saturated heterocycles. The number of hydrogen-bond acceptors (Lipinski definition) is 2. The summed E-state index contributed by atoms with van der Waals surface area (Å²) in [5, 5.41) is 1.68. The molecule has 0 atom stereocenters. The predicted octanol–water partition coefficient (Wildman–Crippen LogP) is 16.3. The van der Waals surface area contributed by atoms with Crippen LogP contribution in [0.5, 0.6) is 0 Å². The standard InChI is InChI=1S/C58H38N2O/c1-2-14-39(15-3-1)41-28-32-45(33-29-41)59(46-34-30-42(31-35-46)44-27-26-40-16-4-5-17-43(40)38-44)55-37-36-50(58-57(55)51-21-9-13-25-56(51)61-58)49-20-8-12-24-54(49)60-52-22-10-6-18-47(52)48-19-7-11-23-53(48)60/h1-38H/i1D,2D,3D,4D,5D,14D,15D,16D,17D,26D,27D,28D,29D,30D,31D,32D,33D,34D,35D,38D. The van der Waals surface area contributed by atoms with Crippen LogP contribution in [0.25, 0.3) is 93.6 Å².